The van der Waals surface area contributed by atoms with Crippen LogP contribution in [0.25, 0.3) is 0 Å². The van der Waals surface area contributed by atoms with Crippen molar-refractivity contribution in [1.29, 1.82) is 0 Å². The zero-order valence-electron chi connectivity index (χ0n) is 11.2. The fraction of sp³-hybridized carbons (Fsp3) is 0.692. The smallest absolute Gasteiger partial charge is 0.306 e. The Bertz CT molecular complexity index is 527. The molecule has 1 aliphatic heterocycles. The lowest BCUT2D eigenvalue weighted by atomic mass is 9.80. The fourth-order valence-corrected chi connectivity index (χ4v) is 3.15. The molecule has 2 heterocycles. The molecule has 1 aromatic rings. The molecule has 2 atom stereocenters. The van der Waals surface area contributed by atoms with Gasteiger partial charge in [0.2, 0.25) is 5.91 Å². The molecule has 108 valence electrons. The zero-order valence-corrected chi connectivity index (χ0v) is 11.2. The Morgan fingerprint density at radius 2 is 2.05 bits per heavy atom. The SMILES string of the molecule is O=C(O)C1CCCC(C(=O)N2CCn3cnnc3C2)C1. The van der Waals surface area contributed by atoms with E-state index in [-0.39, 0.29) is 17.7 Å². The van der Waals surface area contributed by atoms with E-state index >= 15 is 0 Å². The molecule has 2 aliphatic rings. The molecule has 1 saturated carbocycles. The van der Waals surface area contributed by atoms with Gasteiger partial charge in [-0.15, -0.1) is 10.2 Å². The quantitative estimate of drug-likeness (QED) is 0.851. The minimum absolute atomic E-state index is 0.0743. The van der Waals surface area contributed by atoms with Crippen LogP contribution in [0.1, 0.15) is 31.5 Å². The first-order valence-electron chi connectivity index (χ1n) is 7.03. The molecule has 0 radical (unpaired) electrons. The molecule has 7 heteroatoms. The topological polar surface area (TPSA) is 88.3 Å². The average molecular weight is 278 g/mol. The van der Waals surface area contributed by atoms with Gasteiger partial charge in [0, 0.05) is 19.0 Å². The molecule has 0 saturated heterocycles. The third-order valence-corrected chi connectivity index (χ3v) is 4.32. The molecular formula is C13H18N4O3. The summed E-state index contributed by atoms with van der Waals surface area (Å²) in [5.74, 6) is -0.424. The highest BCUT2D eigenvalue weighted by Gasteiger charge is 2.34. The standard InChI is InChI=1S/C13H18N4O3/c18-12(9-2-1-3-10(6-9)13(19)20)16-4-5-17-8-14-15-11(17)7-16/h8-10H,1-7H2,(H,19,20). The van der Waals surface area contributed by atoms with Crippen LogP contribution in [0.3, 0.4) is 0 Å². The van der Waals surface area contributed by atoms with Crippen LogP contribution in [0.15, 0.2) is 6.33 Å². The maximum Gasteiger partial charge on any atom is 0.306 e. The van der Waals surface area contributed by atoms with Gasteiger partial charge >= 0.3 is 5.97 Å². The van der Waals surface area contributed by atoms with Crippen LogP contribution in [0, 0.1) is 11.8 Å². The number of aliphatic carboxylic acids is 1. The van der Waals surface area contributed by atoms with Gasteiger partial charge in [0.25, 0.3) is 0 Å². The Hall–Kier alpha value is -1.92. The fourth-order valence-electron chi connectivity index (χ4n) is 3.15. The minimum Gasteiger partial charge on any atom is -0.481 e. The molecule has 7 nitrogen and oxygen atoms in total. The third-order valence-electron chi connectivity index (χ3n) is 4.32. The lowest BCUT2D eigenvalue weighted by Gasteiger charge is -2.33. The second-order valence-corrected chi connectivity index (χ2v) is 5.60. The van der Waals surface area contributed by atoms with Gasteiger partial charge in [-0.2, -0.15) is 0 Å². The summed E-state index contributed by atoms with van der Waals surface area (Å²) in [4.78, 5) is 25.4. The first-order valence-corrected chi connectivity index (χ1v) is 7.03. The van der Waals surface area contributed by atoms with Gasteiger partial charge in [0.1, 0.15) is 6.33 Å². The summed E-state index contributed by atoms with van der Waals surface area (Å²) in [5.41, 5.74) is 0. The average Bonchev–Trinajstić information content (AvgIpc) is 2.94. The number of nitrogens with zero attached hydrogens (tertiary/aromatic N) is 4. The predicted molar refractivity (Wildman–Crippen MR) is 68.5 cm³/mol. The predicted octanol–water partition coefficient (Wildman–Crippen LogP) is 0.511. The van der Waals surface area contributed by atoms with Crippen molar-refractivity contribution in [3.63, 3.8) is 0 Å². The summed E-state index contributed by atoms with van der Waals surface area (Å²) >= 11 is 0. The summed E-state index contributed by atoms with van der Waals surface area (Å²) in [6, 6.07) is 0. The number of carboxylic acids is 1. The first kappa shape index (κ1) is 13.1. The Morgan fingerprint density at radius 3 is 2.85 bits per heavy atom. The normalized spacial score (nSPS) is 26.1. The summed E-state index contributed by atoms with van der Waals surface area (Å²) in [7, 11) is 0. The van der Waals surface area contributed by atoms with Gasteiger partial charge in [0.15, 0.2) is 5.82 Å². The lowest BCUT2D eigenvalue weighted by Crippen LogP contribution is -2.43. The van der Waals surface area contributed by atoms with Crippen LogP contribution in [0.2, 0.25) is 0 Å². The van der Waals surface area contributed by atoms with Crippen LogP contribution in [0.4, 0.5) is 0 Å². The van der Waals surface area contributed by atoms with Gasteiger partial charge in [-0.25, -0.2) is 0 Å². The maximum atomic E-state index is 12.5. The van der Waals surface area contributed by atoms with Crippen LogP contribution in [0.5, 0.6) is 0 Å². The number of hydrogen-bond donors (Lipinski definition) is 1. The molecule has 0 spiro atoms. The number of fused-ring (bicyclic) bond motifs is 1. The minimum atomic E-state index is -0.777. The summed E-state index contributed by atoms with van der Waals surface area (Å²) in [5, 5.41) is 16.9. The van der Waals surface area contributed by atoms with Crippen molar-refractivity contribution in [3.05, 3.63) is 12.2 Å². The second-order valence-electron chi connectivity index (χ2n) is 5.60. The van der Waals surface area contributed by atoms with E-state index in [0.29, 0.717) is 32.5 Å². The Morgan fingerprint density at radius 1 is 1.25 bits per heavy atom. The largest absolute Gasteiger partial charge is 0.481 e. The number of carboxylic acid groups (broad SMARTS) is 1. The van der Waals surface area contributed by atoms with E-state index in [0.717, 1.165) is 18.7 Å². The molecule has 1 amide bonds. The van der Waals surface area contributed by atoms with Crippen molar-refractivity contribution in [2.24, 2.45) is 11.8 Å². The van der Waals surface area contributed by atoms with Gasteiger partial charge in [-0.3, -0.25) is 9.59 Å². The Kier molecular flexibility index (Phi) is 3.42. The van der Waals surface area contributed by atoms with E-state index in [1.165, 1.54) is 0 Å². The number of aromatic nitrogens is 3. The highest BCUT2D eigenvalue weighted by atomic mass is 16.4. The molecular weight excluding hydrogens is 260 g/mol. The van der Waals surface area contributed by atoms with E-state index in [1.807, 2.05) is 4.57 Å². The first-order chi connectivity index (χ1) is 9.65. The molecule has 20 heavy (non-hydrogen) atoms. The van der Waals surface area contributed by atoms with Crippen LogP contribution < -0.4 is 0 Å². The van der Waals surface area contributed by atoms with Gasteiger partial charge in [-0.1, -0.05) is 6.42 Å². The molecule has 0 aromatic carbocycles. The molecule has 2 unspecified atom stereocenters. The van der Waals surface area contributed by atoms with Gasteiger partial charge in [0.05, 0.1) is 12.5 Å². The van der Waals surface area contributed by atoms with Crippen molar-refractivity contribution in [1.82, 2.24) is 19.7 Å². The van der Waals surface area contributed by atoms with Crippen LogP contribution in [-0.2, 0) is 22.7 Å². The van der Waals surface area contributed by atoms with Crippen LogP contribution >= 0.6 is 0 Å². The van der Waals surface area contributed by atoms with Crippen molar-refractivity contribution < 1.29 is 14.7 Å². The number of carbonyl (C=O) groups excluding carboxylic acids is 1. The summed E-state index contributed by atoms with van der Waals surface area (Å²) in [6.45, 7) is 1.84. The summed E-state index contributed by atoms with van der Waals surface area (Å²) < 4.78 is 1.95. The van der Waals surface area contributed by atoms with Gasteiger partial charge in [-0.05, 0) is 19.3 Å². The van der Waals surface area contributed by atoms with Crippen molar-refractivity contribution in [2.45, 2.75) is 38.8 Å². The van der Waals surface area contributed by atoms with E-state index in [9.17, 15) is 9.59 Å². The van der Waals surface area contributed by atoms with E-state index in [4.69, 9.17) is 5.11 Å². The van der Waals surface area contributed by atoms with E-state index in [2.05, 4.69) is 10.2 Å². The molecule has 1 aliphatic carbocycles. The number of carbonyl (C=O) groups is 2. The zero-order chi connectivity index (χ0) is 14.1. The lowest BCUT2D eigenvalue weighted by molar-refractivity contribution is -0.146. The number of rotatable bonds is 2. The highest BCUT2D eigenvalue weighted by Crippen LogP contribution is 2.31. The molecule has 1 aromatic heterocycles. The molecule has 1 N–H and O–H groups in total. The molecule has 3 rings (SSSR count). The van der Waals surface area contributed by atoms with E-state index in [1.54, 1.807) is 11.2 Å². The Labute approximate surface area is 116 Å². The second kappa shape index (κ2) is 5.22. The third kappa shape index (κ3) is 2.39. The van der Waals surface area contributed by atoms with Crippen LogP contribution in [-0.4, -0.2) is 43.2 Å². The number of hydrogen-bond acceptors (Lipinski definition) is 4. The molecule has 1 fully saturated rings. The van der Waals surface area contributed by atoms with Crippen molar-refractivity contribution in [2.75, 3.05) is 6.54 Å². The maximum absolute atomic E-state index is 12.5. The summed E-state index contributed by atoms with van der Waals surface area (Å²) in [6.07, 6.45) is 4.45. The van der Waals surface area contributed by atoms with E-state index < -0.39 is 5.97 Å². The van der Waals surface area contributed by atoms with Crippen molar-refractivity contribution in [3.8, 4) is 0 Å². The monoisotopic (exact) mass is 278 g/mol. The highest BCUT2D eigenvalue weighted by molar-refractivity contribution is 5.80. The van der Waals surface area contributed by atoms with Crippen molar-refractivity contribution >= 4 is 11.9 Å². The van der Waals surface area contributed by atoms with Gasteiger partial charge < -0.3 is 14.6 Å². The number of amides is 1. The Balaban J connectivity index is 1.66. The molecule has 0 bridgehead atoms.